The first-order chi connectivity index (χ1) is 13.8. The summed E-state index contributed by atoms with van der Waals surface area (Å²) < 4.78 is 15.4. The largest absolute Gasteiger partial charge is 0.496 e. The fourth-order valence-corrected chi connectivity index (χ4v) is 3.78. The molecule has 1 aromatic carbocycles. The summed E-state index contributed by atoms with van der Waals surface area (Å²) in [6.45, 7) is 5.20. The number of ether oxygens (including phenoxy) is 3. The SMILES string of the molecule is CCOC(=O)c1c(NC(=O)COc2ccc(OC)cc2[N+](=O)[O-])sc(CC)c1C. The Labute approximate surface area is 171 Å². The number of nitro groups is 1. The van der Waals surface area contributed by atoms with Crippen molar-refractivity contribution >= 4 is 33.9 Å². The maximum Gasteiger partial charge on any atom is 0.341 e. The molecule has 0 spiro atoms. The number of hydrogen-bond donors (Lipinski definition) is 1. The number of nitrogens with zero attached hydrogens (tertiary/aromatic N) is 1. The lowest BCUT2D eigenvalue weighted by Crippen LogP contribution is -2.21. The van der Waals surface area contributed by atoms with Crippen LogP contribution >= 0.6 is 11.3 Å². The van der Waals surface area contributed by atoms with Crippen molar-refractivity contribution in [3.8, 4) is 11.5 Å². The summed E-state index contributed by atoms with van der Waals surface area (Å²) in [5.74, 6) is -0.825. The van der Waals surface area contributed by atoms with E-state index < -0.39 is 23.4 Å². The molecule has 0 aliphatic carbocycles. The average molecular weight is 422 g/mol. The minimum atomic E-state index is -0.620. The van der Waals surface area contributed by atoms with Gasteiger partial charge in [0, 0.05) is 4.88 Å². The highest BCUT2D eigenvalue weighted by Crippen LogP contribution is 2.34. The van der Waals surface area contributed by atoms with E-state index >= 15 is 0 Å². The number of hydrogen-bond acceptors (Lipinski definition) is 8. The van der Waals surface area contributed by atoms with Gasteiger partial charge in [-0.15, -0.1) is 11.3 Å². The molecule has 10 heteroatoms. The van der Waals surface area contributed by atoms with Crippen LogP contribution in [0.5, 0.6) is 11.5 Å². The number of carbonyl (C=O) groups is 2. The van der Waals surface area contributed by atoms with Crippen molar-refractivity contribution in [1.29, 1.82) is 0 Å². The van der Waals surface area contributed by atoms with E-state index in [1.54, 1.807) is 13.8 Å². The number of aryl methyl sites for hydroxylation is 1. The zero-order valence-corrected chi connectivity index (χ0v) is 17.4. The molecule has 2 aromatic rings. The van der Waals surface area contributed by atoms with Crippen molar-refractivity contribution in [3.63, 3.8) is 0 Å². The molecule has 0 radical (unpaired) electrons. The zero-order valence-electron chi connectivity index (χ0n) is 16.6. The highest BCUT2D eigenvalue weighted by Gasteiger charge is 2.23. The molecule has 1 amide bonds. The van der Waals surface area contributed by atoms with Gasteiger partial charge in [0.2, 0.25) is 0 Å². The molecule has 29 heavy (non-hydrogen) atoms. The van der Waals surface area contributed by atoms with Gasteiger partial charge in [-0.2, -0.15) is 0 Å². The van der Waals surface area contributed by atoms with Crippen LogP contribution in [0.3, 0.4) is 0 Å². The predicted molar refractivity (Wildman–Crippen MR) is 108 cm³/mol. The number of rotatable bonds is 9. The van der Waals surface area contributed by atoms with Crippen LogP contribution in [-0.2, 0) is 16.0 Å². The first-order valence-corrected chi connectivity index (χ1v) is 9.68. The lowest BCUT2D eigenvalue weighted by Gasteiger charge is -2.09. The van der Waals surface area contributed by atoms with Crippen molar-refractivity contribution in [2.24, 2.45) is 0 Å². The van der Waals surface area contributed by atoms with E-state index in [-0.39, 0.29) is 18.0 Å². The van der Waals surface area contributed by atoms with E-state index in [1.807, 2.05) is 6.92 Å². The van der Waals surface area contributed by atoms with E-state index in [0.29, 0.717) is 22.7 Å². The zero-order chi connectivity index (χ0) is 21.6. The maximum absolute atomic E-state index is 12.4. The molecule has 0 fully saturated rings. The van der Waals surface area contributed by atoms with Crippen LogP contribution in [0.4, 0.5) is 10.7 Å². The number of amides is 1. The number of anilines is 1. The van der Waals surface area contributed by atoms with Crippen molar-refractivity contribution in [1.82, 2.24) is 0 Å². The lowest BCUT2D eigenvalue weighted by molar-refractivity contribution is -0.385. The van der Waals surface area contributed by atoms with Gasteiger partial charge < -0.3 is 19.5 Å². The molecule has 156 valence electrons. The predicted octanol–water partition coefficient (Wildman–Crippen LogP) is 3.73. The summed E-state index contributed by atoms with van der Waals surface area (Å²) in [6, 6.07) is 4.07. The van der Waals surface area contributed by atoms with E-state index in [9.17, 15) is 19.7 Å². The molecule has 0 saturated heterocycles. The molecule has 0 bridgehead atoms. The fourth-order valence-electron chi connectivity index (χ4n) is 2.63. The van der Waals surface area contributed by atoms with E-state index in [4.69, 9.17) is 14.2 Å². The Hall–Kier alpha value is -3.14. The molecule has 2 rings (SSSR count). The first kappa shape index (κ1) is 22.2. The average Bonchev–Trinajstić information content (AvgIpc) is 3.01. The summed E-state index contributed by atoms with van der Waals surface area (Å²) in [7, 11) is 1.39. The topological polar surface area (TPSA) is 117 Å². The molecule has 0 saturated carbocycles. The standard InChI is InChI=1S/C19H22N2O7S/c1-5-15-11(3)17(19(23)27-6-2)18(29-15)20-16(22)10-28-14-8-7-12(26-4)9-13(14)21(24)25/h7-9H,5-6,10H2,1-4H3,(H,20,22). The van der Waals surface area contributed by atoms with Crippen LogP contribution in [0.25, 0.3) is 0 Å². The third-order valence-corrected chi connectivity index (χ3v) is 5.37. The number of nitro benzene ring substituents is 1. The van der Waals surface area contributed by atoms with Gasteiger partial charge in [-0.1, -0.05) is 6.92 Å². The van der Waals surface area contributed by atoms with Crippen LogP contribution in [-0.4, -0.2) is 37.1 Å². The molecule has 1 heterocycles. The molecule has 9 nitrogen and oxygen atoms in total. The Morgan fingerprint density at radius 1 is 1.28 bits per heavy atom. The van der Waals surface area contributed by atoms with Gasteiger partial charge in [-0.3, -0.25) is 14.9 Å². The maximum atomic E-state index is 12.4. The molecule has 1 aromatic heterocycles. The Morgan fingerprint density at radius 2 is 2.00 bits per heavy atom. The van der Waals surface area contributed by atoms with Crippen molar-refractivity contribution in [2.45, 2.75) is 27.2 Å². The van der Waals surface area contributed by atoms with Crippen LogP contribution in [0, 0.1) is 17.0 Å². The normalized spacial score (nSPS) is 10.3. The molecule has 1 N–H and O–H groups in total. The third kappa shape index (κ3) is 5.23. The molecule has 0 aliphatic heterocycles. The second-order valence-corrected chi connectivity index (χ2v) is 6.96. The minimum absolute atomic E-state index is 0.0619. The summed E-state index contributed by atoms with van der Waals surface area (Å²) in [4.78, 5) is 36.2. The summed E-state index contributed by atoms with van der Waals surface area (Å²) >= 11 is 1.29. The molecular weight excluding hydrogens is 400 g/mol. The highest BCUT2D eigenvalue weighted by atomic mass is 32.1. The summed E-state index contributed by atoms with van der Waals surface area (Å²) in [5, 5.41) is 14.2. The molecular formula is C19H22N2O7S. The Morgan fingerprint density at radius 3 is 2.59 bits per heavy atom. The lowest BCUT2D eigenvalue weighted by atomic mass is 10.1. The molecule has 0 atom stereocenters. The number of carbonyl (C=O) groups excluding carboxylic acids is 2. The Bertz CT molecular complexity index is 924. The van der Waals surface area contributed by atoms with E-state index in [1.165, 1.54) is 36.6 Å². The second kappa shape index (κ2) is 9.87. The second-order valence-electron chi connectivity index (χ2n) is 5.86. The fraction of sp³-hybridized carbons (Fsp3) is 0.368. The van der Waals surface area contributed by atoms with Crippen LogP contribution in [0.2, 0.25) is 0 Å². The number of esters is 1. The van der Waals surface area contributed by atoms with Gasteiger partial charge in [-0.05, 0) is 38.0 Å². The monoisotopic (exact) mass is 422 g/mol. The van der Waals surface area contributed by atoms with Gasteiger partial charge >= 0.3 is 11.7 Å². The highest BCUT2D eigenvalue weighted by molar-refractivity contribution is 7.17. The number of methoxy groups -OCH3 is 1. The van der Waals surface area contributed by atoms with E-state index in [2.05, 4.69) is 5.32 Å². The third-order valence-electron chi connectivity index (χ3n) is 4.02. The number of thiophene rings is 1. The number of benzene rings is 1. The Kier molecular flexibility index (Phi) is 7.54. The first-order valence-electron chi connectivity index (χ1n) is 8.86. The Balaban J connectivity index is 2.16. The summed E-state index contributed by atoms with van der Waals surface area (Å²) in [6.07, 6.45) is 0.702. The smallest absolute Gasteiger partial charge is 0.341 e. The molecule has 0 aliphatic rings. The minimum Gasteiger partial charge on any atom is -0.496 e. The van der Waals surface area contributed by atoms with Gasteiger partial charge in [0.25, 0.3) is 5.91 Å². The number of nitrogens with one attached hydrogen (secondary N) is 1. The van der Waals surface area contributed by atoms with Crippen molar-refractivity contribution in [3.05, 3.63) is 44.3 Å². The molecule has 0 unspecified atom stereocenters. The van der Waals surface area contributed by atoms with Gasteiger partial charge in [0.1, 0.15) is 10.8 Å². The van der Waals surface area contributed by atoms with E-state index in [0.717, 1.165) is 10.4 Å². The van der Waals surface area contributed by atoms with Gasteiger partial charge in [0.05, 0.1) is 30.3 Å². The van der Waals surface area contributed by atoms with Crippen LogP contribution in [0.15, 0.2) is 18.2 Å². The summed E-state index contributed by atoms with van der Waals surface area (Å²) in [5.41, 5.74) is 0.764. The van der Waals surface area contributed by atoms with Crippen LogP contribution in [0.1, 0.15) is 34.6 Å². The van der Waals surface area contributed by atoms with Gasteiger partial charge in [-0.25, -0.2) is 4.79 Å². The van der Waals surface area contributed by atoms with Gasteiger partial charge in [0.15, 0.2) is 12.4 Å². The van der Waals surface area contributed by atoms with Crippen molar-refractivity contribution < 1.29 is 28.7 Å². The quantitative estimate of drug-likeness (QED) is 0.372. The van der Waals surface area contributed by atoms with Crippen LogP contribution < -0.4 is 14.8 Å². The van der Waals surface area contributed by atoms with Crippen molar-refractivity contribution in [2.75, 3.05) is 25.6 Å².